The summed E-state index contributed by atoms with van der Waals surface area (Å²) >= 11 is 0. The predicted octanol–water partition coefficient (Wildman–Crippen LogP) is 2.99. The van der Waals surface area contributed by atoms with Crippen molar-refractivity contribution in [3.05, 3.63) is 12.2 Å². The average Bonchev–Trinajstić information content (AvgIpc) is 2.42. The van der Waals surface area contributed by atoms with Crippen LogP contribution in [-0.2, 0) is 14.3 Å². The molecule has 0 aromatic carbocycles. The first-order chi connectivity index (χ1) is 9.19. The summed E-state index contributed by atoms with van der Waals surface area (Å²) in [6.07, 6.45) is 4.63. The molecule has 4 bridgehead atoms. The topological polar surface area (TPSA) is 43.4 Å². The minimum atomic E-state index is -0.341. The second-order valence-corrected chi connectivity index (χ2v) is 7.74. The van der Waals surface area contributed by atoms with E-state index in [0.29, 0.717) is 17.8 Å². The Morgan fingerprint density at radius 3 is 2.50 bits per heavy atom. The molecule has 4 aliphatic rings. The number of ketones is 1. The van der Waals surface area contributed by atoms with Gasteiger partial charge in [-0.1, -0.05) is 33.8 Å². The van der Waals surface area contributed by atoms with Crippen LogP contribution in [0.3, 0.4) is 0 Å². The zero-order valence-electron chi connectivity index (χ0n) is 13.0. The summed E-state index contributed by atoms with van der Waals surface area (Å²) in [7, 11) is 0. The molecule has 4 aliphatic carbocycles. The molecule has 0 aliphatic heterocycles. The standard InChI is InChI=1S/C17H24O3/c1-9-8-11(20-10(2)18)14-15-13(9)17(14,5)12(19)6-7-16(15,3)4/h6-7,9,11,13-15H,8H2,1-5H3/t9-,11+,13-,14+,15+,17+/m0/s1. The zero-order chi connectivity index (χ0) is 14.9. The zero-order valence-corrected chi connectivity index (χ0v) is 13.0. The molecule has 0 spiro atoms. The third-order valence-electron chi connectivity index (χ3n) is 6.15. The van der Waals surface area contributed by atoms with Crippen LogP contribution in [0.1, 0.15) is 41.0 Å². The maximum absolute atomic E-state index is 12.6. The molecule has 0 unspecified atom stereocenters. The van der Waals surface area contributed by atoms with E-state index in [1.165, 1.54) is 6.92 Å². The number of esters is 1. The van der Waals surface area contributed by atoms with Crippen LogP contribution < -0.4 is 0 Å². The molecule has 0 saturated heterocycles. The van der Waals surface area contributed by atoms with E-state index in [1.807, 2.05) is 0 Å². The molecule has 3 saturated carbocycles. The van der Waals surface area contributed by atoms with Crippen molar-refractivity contribution in [1.29, 1.82) is 0 Å². The molecule has 6 atom stereocenters. The molecule has 3 fully saturated rings. The fourth-order valence-corrected chi connectivity index (χ4v) is 5.46. The van der Waals surface area contributed by atoms with Gasteiger partial charge in [0.1, 0.15) is 6.10 Å². The van der Waals surface area contributed by atoms with E-state index in [2.05, 4.69) is 33.8 Å². The van der Waals surface area contributed by atoms with Crippen molar-refractivity contribution in [3.8, 4) is 0 Å². The molecule has 4 rings (SSSR count). The third kappa shape index (κ3) is 1.52. The van der Waals surface area contributed by atoms with E-state index < -0.39 is 0 Å². The van der Waals surface area contributed by atoms with E-state index in [4.69, 9.17) is 4.74 Å². The highest BCUT2D eigenvalue weighted by Gasteiger charge is 2.72. The summed E-state index contributed by atoms with van der Waals surface area (Å²) in [5, 5.41) is 0. The Hall–Kier alpha value is -1.12. The minimum absolute atomic E-state index is 0.00587. The molecule has 0 aromatic rings. The van der Waals surface area contributed by atoms with Crippen molar-refractivity contribution in [1.82, 2.24) is 0 Å². The minimum Gasteiger partial charge on any atom is -0.462 e. The van der Waals surface area contributed by atoms with Gasteiger partial charge in [0.05, 0.1) is 0 Å². The van der Waals surface area contributed by atoms with Gasteiger partial charge in [0.25, 0.3) is 0 Å². The number of allylic oxidation sites excluding steroid dienone is 2. The number of hydrogen-bond acceptors (Lipinski definition) is 3. The summed E-state index contributed by atoms with van der Waals surface area (Å²) in [5.41, 5.74) is -0.346. The first-order valence-electron chi connectivity index (χ1n) is 7.60. The lowest BCUT2D eigenvalue weighted by Crippen LogP contribution is -2.70. The van der Waals surface area contributed by atoms with Crippen LogP contribution in [0.15, 0.2) is 12.2 Å². The van der Waals surface area contributed by atoms with E-state index in [0.717, 1.165) is 6.42 Å². The van der Waals surface area contributed by atoms with Crippen LogP contribution in [-0.4, -0.2) is 17.9 Å². The van der Waals surface area contributed by atoms with Crippen LogP contribution in [0, 0.1) is 34.5 Å². The molecule has 0 N–H and O–H groups in total. The van der Waals surface area contributed by atoms with Gasteiger partial charge in [0, 0.05) is 18.3 Å². The van der Waals surface area contributed by atoms with Gasteiger partial charge in [-0.05, 0) is 35.7 Å². The average molecular weight is 276 g/mol. The van der Waals surface area contributed by atoms with Gasteiger partial charge in [0.15, 0.2) is 5.78 Å². The van der Waals surface area contributed by atoms with Gasteiger partial charge in [-0.3, -0.25) is 9.59 Å². The molecule has 3 nitrogen and oxygen atoms in total. The van der Waals surface area contributed by atoms with Gasteiger partial charge < -0.3 is 4.74 Å². The highest BCUT2D eigenvalue weighted by molar-refractivity contribution is 5.97. The lowest BCUT2D eigenvalue weighted by molar-refractivity contribution is -0.245. The van der Waals surface area contributed by atoms with Gasteiger partial charge in [-0.15, -0.1) is 0 Å². The van der Waals surface area contributed by atoms with E-state index in [1.54, 1.807) is 6.08 Å². The van der Waals surface area contributed by atoms with Crippen molar-refractivity contribution in [2.45, 2.75) is 47.1 Å². The van der Waals surface area contributed by atoms with E-state index in [-0.39, 0.29) is 34.6 Å². The number of rotatable bonds is 1. The summed E-state index contributed by atoms with van der Waals surface area (Å²) in [6, 6.07) is 0. The Kier molecular flexibility index (Phi) is 2.74. The first-order valence-corrected chi connectivity index (χ1v) is 7.60. The molecule has 0 radical (unpaired) electrons. The third-order valence-corrected chi connectivity index (χ3v) is 6.15. The van der Waals surface area contributed by atoms with Crippen molar-refractivity contribution in [3.63, 3.8) is 0 Å². The summed E-state index contributed by atoms with van der Waals surface area (Å²) < 4.78 is 5.59. The normalized spacial score (nSPS) is 48.2. The molecule has 20 heavy (non-hydrogen) atoms. The fourth-order valence-electron chi connectivity index (χ4n) is 5.46. The maximum atomic E-state index is 12.6. The van der Waals surface area contributed by atoms with Crippen LogP contribution in [0.4, 0.5) is 0 Å². The molecular weight excluding hydrogens is 252 g/mol. The summed E-state index contributed by atoms with van der Waals surface area (Å²) in [4.78, 5) is 24.0. The number of fused-ring (bicyclic) bond motifs is 2. The Labute approximate surface area is 120 Å². The largest absolute Gasteiger partial charge is 0.462 e. The van der Waals surface area contributed by atoms with Gasteiger partial charge in [-0.2, -0.15) is 0 Å². The molecular formula is C17H24O3. The van der Waals surface area contributed by atoms with E-state index in [9.17, 15) is 9.59 Å². The predicted molar refractivity (Wildman–Crippen MR) is 75.8 cm³/mol. The van der Waals surface area contributed by atoms with Crippen LogP contribution in [0.25, 0.3) is 0 Å². The quantitative estimate of drug-likeness (QED) is 0.691. The highest BCUT2D eigenvalue weighted by atomic mass is 16.5. The van der Waals surface area contributed by atoms with Crippen LogP contribution in [0.2, 0.25) is 0 Å². The Morgan fingerprint density at radius 1 is 1.25 bits per heavy atom. The summed E-state index contributed by atoms with van der Waals surface area (Å²) in [6.45, 7) is 10.2. The smallest absolute Gasteiger partial charge is 0.302 e. The number of carbonyl (C=O) groups is 2. The lowest BCUT2D eigenvalue weighted by atomic mass is 9.35. The van der Waals surface area contributed by atoms with Crippen molar-refractivity contribution in [2.24, 2.45) is 34.5 Å². The van der Waals surface area contributed by atoms with E-state index >= 15 is 0 Å². The van der Waals surface area contributed by atoms with Gasteiger partial charge in [0.2, 0.25) is 0 Å². The van der Waals surface area contributed by atoms with Crippen LogP contribution in [0.5, 0.6) is 0 Å². The Bertz CT molecular complexity index is 504. The maximum Gasteiger partial charge on any atom is 0.302 e. The Morgan fingerprint density at radius 2 is 1.90 bits per heavy atom. The monoisotopic (exact) mass is 276 g/mol. The number of ether oxygens (including phenoxy) is 1. The Balaban J connectivity index is 2.06. The number of hydrogen-bond donors (Lipinski definition) is 0. The molecule has 0 amide bonds. The molecule has 3 heteroatoms. The van der Waals surface area contributed by atoms with Gasteiger partial charge in [-0.25, -0.2) is 0 Å². The first kappa shape index (κ1) is 13.8. The number of carbonyl (C=O) groups excluding carboxylic acids is 2. The molecule has 110 valence electrons. The van der Waals surface area contributed by atoms with Crippen molar-refractivity contribution in [2.75, 3.05) is 0 Å². The van der Waals surface area contributed by atoms with Crippen molar-refractivity contribution < 1.29 is 14.3 Å². The molecule has 0 heterocycles. The highest BCUT2D eigenvalue weighted by Crippen LogP contribution is 2.71. The van der Waals surface area contributed by atoms with Crippen LogP contribution >= 0.6 is 0 Å². The SMILES string of the molecule is CC(=O)O[C@@H]1C[C@H](C)[C@H]2[C@@H]3[C@@H]1[C@]2(C)C(=O)C=CC3(C)C. The second kappa shape index (κ2) is 3.96. The van der Waals surface area contributed by atoms with Crippen molar-refractivity contribution >= 4 is 11.8 Å². The second-order valence-electron chi connectivity index (χ2n) is 7.74. The lowest BCUT2D eigenvalue weighted by Gasteiger charge is -2.69. The fraction of sp³-hybridized carbons (Fsp3) is 0.765. The summed E-state index contributed by atoms with van der Waals surface area (Å²) in [5.74, 6) is 1.43. The molecule has 0 aromatic heterocycles. The van der Waals surface area contributed by atoms with Gasteiger partial charge >= 0.3 is 5.97 Å².